The van der Waals surface area contributed by atoms with E-state index in [1.807, 2.05) is 6.08 Å². The fourth-order valence-corrected chi connectivity index (χ4v) is 5.70. The first kappa shape index (κ1) is 49.9. The van der Waals surface area contributed by atoms with Crippen LogP contribution >= 0.6 is 7.82 Å². The maximum Gasteiger partial charge on any atom is 0.469 e. The predicted molar refractivity (Wildman–Crippen MR) is 210 cm³/mol. The number of phosphoric ester groups is 1. The summed E-state index contributed by atoms with van der Waals surface area (Å²) < 4.78 is 26.3. The van der Waals surface area contributed by atoms with Crippen molar-refractivity contribution in [1.29, 1.82) is 0 Å². The van der Waals surface area contributed by atoms with E-state index < -0.39 is 44.7 Å². The molecule has 0 aromatic carbocycles. The Kier molecular flexibility index (Phi) is 34.5. The van der Waals surface area contributed by atoms with E-state index in [4.69, 9.17) is 19.3 Å². The first-order valence-electron chi connectivity index (χ1n) is 20.1. The molecule has 0 saturated heterocycles. The molecule has 0 aliphatic rings. The quantitative estimate of drug-likeness (QED) is 0.0210. The third-order valence-corrected chi connectivity index (χ3v) is 9.01. The standard InChI is InChI=1S/C41H73O10P/c1-3-5-7-9-11-12-13-14-15-16-17-18-19-20-21-25-30-34-41(45)51-37(36-50-52(46,47)48)35-49-40(44)33-29-26-22-24-28-32-39(43)38(42)31-27-23-10-8-6-4-2/h11-12,14-15,17-18,23,27,37-39,42-43H,3-10,13,16,19-22,24-26,28-36H2,1-2H3,(H2,46,47,48)/b12-11-,15-14-,18-17-,27-23-/t37-,38-,39-/m1/s1. The van der Waals surface area contributed by atoms with Crippen LogP contribution in [0.25, 0.3) is 0 Å². The van der Waals surface area contributed by atoms with Crippen molar-refractivity contribution < 1.29 is 48.2 Å². The highest BCUT2D eigenvalue weighted by Crippen LogP contribution is 2.36. The molecule has 0 radical (unpaired) electrons. The monoisotopic (exact) mass is 756 g/mol. The molecule has 0 spiro atoms. The second-order valence-electron chi connectivity index (χ2n) is 13.6. The summed E-state index contributed by atoms with van der Waals surface area (Å²) >= 11 is 0. The van der Waals surface area contributed by atoms with Gasteiger partial charge in [0.15, 0.2) is 6.10 Å². The summed E-state index contributed by atoms with van der Waals surface area (Å²) in [6.07, 6.45) is 35.7. The molecule has 302 valence electrons. The van der Waals surface area contributed by atoms with Crippen LogP contribution in [-0.2, 0) is 28.2 Å². The Morgan fingerprint density at radius 1 is 0.577 bits per heavy atom. The van der Waals surface area contributed by atoms with Gasteiger partial charge in [0, 0.05) is 12.8 Å². The summed E-state index contributed by atoms with van der Waals surface area (Å²) in [4.78, 5) is 42.8. The lowest BCUT2D eigenvalue weighted by Gasteiger charge is -2.18. The molecule has 0 aliphatic heterocycles. The van der Waals surface area contributed by atoms with E-state index in [0.717, 1.165) is 83.5 Å². The van der Waals surface area contributed by atoms with E-state index >= 15 is 0 Å². The Balaban J connectivity index is 4.12. The lowest BCUT2D eigenvalue weighted by atomic mass is 10.0. The zero-order valence-electron chi connectivity index (χ0n) is 32.4. The Bertz CT molecular complexity index is 1020. The van der Waals surface area contributed by atoms with Gasteiger partial charge < -0.3 is 29.5 Å². The van der Waals surface area contributed by atoms with Crippen LogP contribution in [0.4, 0.5) is 0 Å². The number of aliphatic hydroxyl groups is 2. The summed E-state index contributed by atoms with van der Waals surface area (Å²) in [7, 11) is -4.80. The molecule has 0 heterocycles. The highest BCUT2D eigenvalue weighted by Gasteiger charge is 2.23. The van der Waals surface area contributed by atoms with Crippen molar-refractivity contribution >= 4 is 19.8 Å². The van der Waals surface area contributed by atoms with E-state index in [0.29, 0.717) is 25.7 Å². The molecule has 0 bridgehead atoms. The van der Waals surface area contributed by atoms with Crippen molar-refractivity contribution in [3.8, 4) is 0 Å². The van der Waals surface area contributed by atoms with Gasteiger partial charge in [-0.15, -0.1) is 0 Å². The number of ether oxygens (including phenoxy) is 2. The predicted octanol–water partition coefficient (Wildman–Crippen LogP) is 9.90. The molecular formula is C41H73O10P. The summed E-state index contributed by atoms with van der Waals surface area (Å²) in [6.45, 7) is 3.44. The fourth-order valence-electron chi connectivity index (χ4n) is 5.34. The molecule has 0 unspecified atom stereocenters. The second-order valence-corrected chi connectivity index (χ2v) is 14.8. The van der Waals surface area contributed by atoms with Crippen molar-refractivity contribution in [2.24, 2.45) is 0 Å². The van der Waals surface area contributed by atoms with Gasteiger partial charge in [0.25, 0.3) is 0 Å². The van der Waals surface area contributed by atoms with E-state index in [1.54, 1.807) is 0 Å². The minimum Gasteiger partial charge on any atom is -0.462 e. The van der Waals surface area contributed by atoms with Crippen molar-refractivity contribution in [2.45, 2.75) is 186 Å². The Hall–Kier alpha value is -2.07. The van der Waals surface area contributed by atoms with Gasteiger partial charge in [-0.2, -0.15) is 0 Å². The lowest BCUT2D eigenvalue weighted by molar-refractivity contribution is -0.161. The first-order valence-corrected chi connectivity index (χ1v) is 21.6. The third kappa shape index (κ3) is 36.3. The average molecular weight is 757 g/mol. The molecule has 4 N–H and O–H groups in total. The van der Waals surface area contributed by atoms with Crippen LogP contribution in [0.2, 0.25) is 0 Å². The highest BCUT2D eigenvalue weighted by atomic mass is 31.2. The number of allylic oxidation sites excluding steroid dienone is 7. The van der Waals surface area contributed by atoms with E-state index in [2.05, 4.69) is 60.9 Å². The molecule has 0 aromatic heterocycles. The van der Waals surface area contributed by atoms with Crippen molar-refractivity contribution in [3.63, 3.8) is 0 Å². The molecule has 0 rings (SSSR count). The lowest BCUT2D eigenvalue weighted by Crippen LogP contribution is -2.29. The topological polar surface area (TPSA) is 160 Å². The third-order valence-electron chi connectivity index (χ3n) is 8.52. The number of phosphoric acid groups is 1. The van der Waals surface area contributed by atoms with Crippen LogP contribution in [0.15, 0.2) is 48.6 Å². The molecule has 10 nitrogen and oxygen atoms in total. The summed E-state index contributed by atoms with van der Waals surface area (Å²) in [6, 6.07) is 0. The number of hydrogen-bond acceptors (Lipinski definition) is 8. The smallest absolute Gasteiger partial charge is 0.462 e. The van der Waals surface area contributed by atoms with Gasteiger partial charge in [-0.05, 0) is 77.0 Å². The van der Waals surface area contributed by atoms with Gasteiger partial charge >= 0.3 is 19.8 Å². The van der Waals surface area contributed by atoms with Crippen LogP contribution in [-0.4, -0.2) is 63.5 Å². The summed E-state index contributed by atoms with van der Waals surface area (Å²) in [5.41, 5.74) is 0. The van der Waals surface area contributed by atoms with Crippen LogP contribution in [0.5, 0.6) is 0 Å². The molecule has 0 aliphatic carbocycles. The van der Waals surface area contributed by atoms with Crippen molar-refractivity contribution in [3.05, 3.63) is 48.6 Å². The summed E-state index contributed by atoms with van der Waals surface area (Å²) in [5, 5.41) is 20.3. The number of rotatable bonds is 36. The van der Waals surface area contributed by atoms with Crippen LogP contribution in [0.3, 0.4) is 0 Å². The minimum atomic E-state index is -4.80. The molecule has 0 fully saturated rings. The van der Waals surface area contributed by atoms with Gasteiger partial charge in [-0.25, -0.2) is 4.57 Å². The zero-order chi connectivity index (χ0) is 38.5. The van der Waals surface area contributed by atoms with Crippen LogP contribution in [0.1, 0.15) is 168 Å². The molecule has 3 atom stereocenters. The van der Waals surface area contributed by atoms with Gasteiger partial charge in [0.05, 0.1) is 18.8 Å². The molecule has 0 amide bonds. The fraction of sp³-hybridized carbons (Fsp3) is 0.756. The normalized spacial score (nSPS) is 14.2. The highest BCUT2D eigenvalue weighted by molar-refractivity contribution is 7.46. The number of carbonyl (C=O) groups is 2. The van der Waals surface area contributed by atoms with Crippen LogP contribution in [0, 0.1) is 0 Å². The van der Waals surface area contributed by atoms with Crippen molar-refractivity contribution in [1.82, 2.24) is 0 Å². The SMILES string of the molecule is CCCCC/C=C\C/C=C\C/C=C\CCCCCCC(=O)O[C@H](COC(=O)CCCCCCC[C@@H](O)[C@H](O)C/C=C\CCCCC)COP(=O)(O)O. The van der Waals surface area contributed by atoms with Gasteiger partial charge in [0.1, 0.15) is 6.61 Å². The minimum absolute atomic E-state index is 0.153. The number of carbonyl (C=O) groups excluding carboxylic acids is 2. The molecule has 52 heavy (non-hydrogen) atoms. The molecule has 11 heteroatoms. The van der Waals surface area contributed by atoms with E-state index in [-0.39, 0.29) is 19.4 Å². The van der Waals surface area contributed by atoms with Gasteiger partial charge in [-0.3, -0.25) is 14.1 Å². The van der Waals surface area contributed by atoms with Crippen LogP contribution < -0.4 is 0 Å². The maximum absolute atomic E-state index is 12.4. The van der Waals surface area contributed by atoms with Crippen molar-refractivity contribution in [2.75, 3.05) is 13.2 Å². The van der Waals surface area contributed by atoms with Gasteiger partial charge in [0.2, 0.25) is 0 Å². The molecule has 0 aromatic rings. The van der Waals surface area contributed by atoms with E-state index in [9.17, 15) is 24.4 Å². The average Bonchev–Trinajstić information content (AvgIpc) is 3.11. The number of hydrogen-bond donors (Lipinski definition) is 4. The maximum atomic E-state index is 12.4. The largest absolute Gasteiger partial charge is 0.469 e. The second kappa shape index (κ2) is 35.9. The Morgan fingerprint density at radius 2 is 1.06 bits per heavy atom. The van der Waals surface area contributed by atoms with E-state index in [1.165, 1.54) is 32.1 Å². The number of unbranched alkanes of at least 4 members (excludes halogenated alkanes) is 14. The molecule has 0 saturated carbocycles. The number of esters is 2. The summed E-state index contributed by atoms with van der Waals surface area (Å²) in [5.74, 6) is -1.02. The zero-order valence-corrected chi connectivity index (χ0v) is 33.3. The molecular weight excluding hydrogens is 683 g/mol. The Labute approximate surface area is 315 Å². The van der Waals surface area contributed by atoms with Gasteiger partial charge in [-0.1, -0.05) is 127 Å². The Morgan fingerprint density at radius 3 is 1.63 bits per heavy atom. The first-order chi connectivity index (χ1) is 25.1. The number of aliphatic hydroxyl groups excluding tert-OH is 2.